The van der Waals surface area contributed by atoms with Crippen molar-refractivity contribution in [2.24, 2.45) is 0 Å². The van der Waals surface area contributed by atoms with Crippen LogP contribution in [0.15, 0.2) is 42.6 Å². The largest absolute Gasteiger partial charge is 0.382 e. The van der Waals surface area contributed by atoms with E-state index in [0.29, 0.717) is 5.69 Å². The van der Waals surface area contributed by atoms with E-state index in [9.17, 15) is 4.79 Å². The number of nitrogens with one attached hydrogen (secondary N) is 2. The Morgan fingerprint density at radius 1 is 1.27 bits per heavy atom. The van der Waals surface area contributed by atoms with Gasteiger partial charge in [0, 0.05) is 30.7 Å². The molecule has 1 saturated heterocycles. The molecule has 1 atom stereocenters. The van der Waals surface area contributed by atoms with Crippen molar-refractivity contribution in [3.05, 3.63) is 53.9 Å². The van der Waals surface area contributed by atoms with E-state index in [-0.39, 0.29) is 17.4 Å². The number of rotatable bonds is 5. The third-order valence-corrected chi connectivity index (χ3v) is 4.53. The summed E-state index contributed by atoms with van der Waals surface area (Å²) in [7, 11) is 0. The molecule has 0 saturated carbocycles. The lowest BCUT2D eigenvalue weighted by molar-refractivity contribution is 0.102. The summed E-state index contributed by atoms with van der Waals surface area (Å²) in [6, 6.07) is 11.5. The van der Waals surface area contributed by atoms with Crippen LogP contribution in [0.5, 0.6) is 0 Å². The van der Waals surface area contributed by atoms with Gasteiger partial charge < -0.3 is 15.4 Å². The number of para-hydroxylation sites is 1. The van der Waals surface area contributed by atoms with Crippen LogP contribution in [0.25, 0.3) is 0 Å². The first kappa shape index (κ1) is 18.4. The van der Waals surface area contributed by atoms with E-state index in [1.807, 2.05) is 30.3 Å². The highest BCUT2D eigenvalue weighted by molar-refractivity contribution is 6.03. The first-order chi connectivity index (χ1) is 12.4. The van der Waals surface area contributed by atoms with Crippen LogP contribution in [-0.4, -0.2) is 30.1 Å². The quantitative estimate of drug-likeness (QED) is 0.845. The number of anilines is 2. The van der Waals surface area contributed by atoms with E-state index in [1.54, 1.807) is 12.3 Å². The Kier molecular flexibility index (Phi) is 5.57. The minimum atomic E-state index is -0.206. The number of benzene rings is 1. The summed E-state index contributed by atoms with van der Waals surface area (Å²) < 4.78 is 5.62. The molecule has 5 heteroatoms. The van der Waals surface area contributed by atoms with Crippen molar-refractivity contribution in [1.82, 2.24) is 4.98 Å². The van der Waals surface area contributed by atoms with Gasteiger partial charge in [0.05, 0.1) is 6.10 Å². The summed E-state index contributed by atoms with van der Waals surface area (Å²) in [4.78, 5) is 16.9. The fourth-order valence-corrected chi connectivity index (χ4v) is 3.13. The number of ether oxygens (including phenoxy) is 1. The zero-order valence-corrected chi connectivity index (χ0v) is 15.7. The summed E-state index contributed by atoms with van der Waals surface area (Å²) in [6.07, 6.45) is 4.10. The van der Waals surface area contributed by atoms with Crippen molar-refractivity contribution >= 4 is 17.3 Å². The minimum absolute atomic E-state index is 0.0536. The standard InChI is InChI=1S/C21H27N3O2/c1-21(2,3)17-8-4-5-9-18(17)24-20(25)19-13-15(10-11-22-19)23-14-16-7-6-12-26-16/h4-5,8-11,13,16H,6-7,12,14H2,1-3H3,(H,22,23)(H,24,25). The molecule has 1 aromatic carbocycles. The van der Waals surface area contributed by atoms with E-state index in [1.165, 1.54) is 0 Å². The molecule has 1 amide bonds. The van der Waals surface area contributed by atoms with Gasteiger partial charge in [-0.1, -0.05) is 39.0 Å². The van der Waals surface area contributed by atoms with Crippen molar-refractivity contribution < 1.29 is 9.53 Å². The van der Waals surface area contributed by atoms with Crippen LogP contribution in [0.3, 0.4) is 0 Å². The van der Waals surface area contributed by atoms with Gasteiger partial charge in [-0.3, -0.25) is 9.78 Å². The third kappa shape index (κ3) is 4.61. The molecule has 3 rings (SSSR count). The maximum absolute atomic E-state index is 12.7. The van der Waals surface area contributed by atoms with Gasteiger partial charge in [0.2, 0.25) is 0 Å². The van der Waals surface area contributed by atoms with Gasteiger partial charge in [-0.15, -0.1) is 0 Å². The summed E-state index contributed by atoms with van der Waals surface area (Å²) in [5.74, 6) is -0.206. The second-order valence-electron chi connectivity index (χ2n) is 7.70. The lowest BCUT2D eigenvalue weighted by Crippen LogP contribution is -2.20. The summed E-state index contributed by atoms with van der Waals surface area (Å²) in [6.45, 7) is 7.98. The SMILES string of the molecule is CC(C)(C)c1ccccc1NC(=O)c1cc(NCC2CCCO2)ccn1. The molecule has 2 N–H and O–H groups in total. The summed E-state index contributed by atoms with van der Waals surface area (Å²) >= 11 is 0. The highest BCUT2D eigenvalue weighted by Gasteiger charge is 2.19. The van der Waals surface area contributed by atoms with Crippen LogP contribution >= 0.6 is 0 Å². The molecule has 0 bridgehead atoms. The molecule has 0 spiro atoms. The van der Waals surface area contributed by atoms with Crippen LogP contribution < -0.4 is 10.6 Å². The van der Waals surface area contributed by atoms with Crippen LogP contribution in [0.4, 0.5) is 11.4 Å². The smallest absolute Gasteiger partial charge is 0.274 e. The number of carbonyl (C=O) groups excluding carboxylic acids is 1. The Labute approximate surface area is 155 Å². The molecule has 1 unspecified atom stereocenters. The number of nitrogens with zero attached hydrogens (tertiary/aromatic N) is 1. The van der Waals surface area contributed by atoms with Gasteiger partial charge in [0.15, 0.2) is 0 Å². The Morgan fingerprint density at radius 2 is 2.08 bits per heavy atom. The monoisotopic (exact) mass is 353 g/mol. The molecule has 2 heterocycles. The van der Waals surface area contributed by atoms with Gasteiger partial charge in [-0.05, 0) is 42.0 Å². The van der Waals surface area contributed by atoms with E-state index < -0.39 is 0 Å². The van der Waals surface area contributed by atoms with Crippen molar-refractivity contribution in [2.75, 3.05) is 23.8 Å². The summed E-state index contributed by atoms with van der Waals surface area (Å²) in [5, 5.41) is 6.34. The Hall–Kier alpha value is -2.40. The second-order valence-corrected chi connectivity index (χ2v) is 7.70. The first-order valence-electron chi connectivity index (χ1n) is 9.16. The number of hydrogen-bond donors (Lipinski definition) is 2. The van der Waals surface area contributed by atoms with E-state index in [2.05, 4.69) is 36.4 Å². The van der Waals surface area contributed by atoms with Crippen LogP contribution in [-0.2, 0) is 10.2 Å². The molecule has 1 aliphatic rings. The Balaban J connectivity index is 1.69. The average molecular weight is 353 g/mol. The van der Waals surface area contributed by atoms with Crippen LogP contribution in [0.1, 0.15) is 49.7 Å². The third-order valence-electron chi connectivity index (χ3n) is 4.53. The fourth-order valence-electron chi connectivity index (χ4n) is 3.13. The van der Waals surface area contributed by atoms with Crippen molar-refractivity contribution in [3.63, 3.8) is 0 Å². The second kappa shape index (κ2) is 7.87. The lowest BCUT2D eigenvalue weighted by atomic mass is 9.86. The van der Waals surface area contributed by atoms with Crippen molar-refractivity contribution in [3.8, 4) is 0 Å². The van der Waals surface area contributed by atoms with Gasteiger partial charge >= 0.3 is 0 Å². The zero-order valence-electron chi connectivity index (χ0n) is 15.7. The van der Waals surface area contributed by atoms with Crippen LogP contribution in [0.2, 0.25) is 0 Å². The predicted octanol–water partition coefficient (Wildman–Crippen LogP) is 4.22. The van der Waals surface area contributed by atoms with E-state index in [4.69, 9.17) is 4.74 Å². The molecule has 2 aromatic rings. The molecule has 0 aliphatic carbocycles. The maximum Gasteiger partial charge on any atom is 0.274 e. The molecular formula is C21H27N3O2. The maximum atomic E-state index is 12.7. The molecule has 1 aliphatic heterocycles. The molecule has 1 fully saturated rings. The van der Waals surface area contributed by atoms with Gasteiger partial charge in [0.25, 0.3) is 5.91 Å². The van der Waals surface area contributed by atoms with Crippen molar-refractivity contribution in [2.45, 2.75) is 45.1 Å². The van der Waals surface area contributed by atoms with Crippen LogP contribution in [0, 0.1) is 0 Å². The molecule has 26 heavy (non-hydrogen) atoms. The number of carbonyl (C=O) groups is 1. The van der Waals surface area contributed by atoms with Gasteiger partial charge in [0.1, 0.15) is 5.69 Å². The highest BCUT2D eigenvalue weighted by Crippen LogP contribution is 2.29. The van der Waals surface area contributed by atoms with E-state index in [0.717, 1.165) is 42.9 Å². The molecule has 1 aromatic heterocycles. The number of pyridine rings is 1. The number of amides is 1. The molecule has 5 nitrogen and oxygen atoms in total. The molecular weight excluding hydrogens is 326 g/mol. The van der Waals surface area contributed by atoms with E-state index >= 15 is 0 Å². The lowest BCUT2D eigenvalue weighted by Gasteiger charge is -2.23. The van der Waals surface area contributed by atoms with Crippen molar-refractivity contribution in [1.29, 1.82) is 0 Å². The molecule has 138 valence electrons. The van der Waals surface area contributed by atoms with Gasteiger partial charge in [-0.2, -0.15) is 0 Å². The highest BCUT2D eigenvalue weighted by atomic mass is 16.5. The fraction of sp³-hybridized carbons (Fsp3) is 0.429. The first-order valence-corrected chi connectivity index (χ1v) is 9.16. The van der Waals surface area contributed by atoms with Gasteiger partial charge in [-0.25, -0.2) is 0 Å². The average Bonchev–Trinajstić information content (AvgIpc) is 3.13. The zero-order chi connectivity index (χ0) is 18.6. The molecule has 0 radical (unpaired) electrons. The summed E-state index contributed by atoms with van der Waals surface area (Å²) in [5.41, 5.74) is 3.14. The normalized spacial score (nSPS) is 17.1. The number of hydrogen-bond acceptors (Lipinski definition) is 4. The predicted molar refractivity (Wildman–Crippen MR) is 105 cm³/mol. The Bertz CT molecular complexity index is 762. The number of aromatic nitrogens is 1. The Morgan fingerprint density at radius 3 is 2.81 bits per heavy atom. The minimum Gasteiger partial charge on any atom is -0.382 e. The topological polar surface area (TPSA) is 63.2 Å².